The Kier molecular flexibility index (Phi) is 4.03. The molecular weight excluding hydrogens is 196 g/mol. The summed E-state index contributed by atoms with van der Waals surface area (Å²) in [7, 11) is 0. The maximum atomic E-state index is 4.84. The van der Waals surface area contributed by atoms with Gasteiger partial charge in [-0.1, -0.05) is 20.8 Å². The highest BCUT2D eigenvalue weighted by molar-refractivity contribution is 5.87. The normalized spacial score (nSPS) is 23.4. The van der Waals surface area contributed by atoms with Crippen molar-refractivity contribution in [2.24, 2.45) is 10.4 Å². The first-order valence-electron chi connectivity index (χ1n) is 6.55. The summed E-state index contributed by atoms with van der Waals surface area (Å²) in [5.74, 6) is 1.29. The van der Waals surface area contributed by atoms with Gasteiger partial charge in [-0.2, -0.15) is 0 Å². The van der Waals surface area contributed by atoms with Crippen LogP contribution < -0.4 is 0 Å². The van der Waals surface area contributed by atoms with Gasteiger partial charge in [0.2, 0.25) is 0 Å². The van der Waals surface area contributed by atoms with Crippen LogP contribution in [0.1, 0.15) is 60.8 Å². The Bertz CT molecular complexity index is 253. The molecule has 94 valence electrons. The van der Waals surface area contributed by atoms with Gasteiger partial charge in [-0.3, -0.25) is 4.99 Å². The highest BCUT2D eigenvalue weighted by atomic mass is 15.2. The molecule has 1 heterocycles. The Morgan fingerprint density at radius 3 is 2.06 bits per heavy atom. The Morgan fingerprint density at radius 1 is 0.938 bits per heavy atom. The van der Waals surface area contributed by atoms with Crippen molar-refractivity contribution in [1.29, 1.82) is 0 Å². The van der Waals surface area contributed by atoms with E-state index in [0.29, 0.717) is 0 Å². The molecule has 1 aliphatic heterocycles. The lowest BCUT2D eigenvalue weighted by molar-refractivity contribution is 0.209. The highest BCUT2D eigenvalue weighted by Gasteiger charge is 2.31. The summed E-state index contributed by atoms with van der Waals surface area (Å²) in [5.41, 5.74) is 0.341. The molecule has 16 heavy (non-hydrogen) atoms. The van der Waals surface area contributed by atoms with Gasteiger partial charge in [-0.25, -0.2) is 0 Å². The minimum Gasteiger partial charge on any atom is -0.355 e. The van der Waals surface area contributed by atoms with Gasteiger partial charge in [-0.15, -0.1) is 0 Å². The van der Waals surface area contributed by atoms with Crippen LogP contribution in [0.2, 0.25) is 0 Å². The minimum absolute atomic E-state index is 0.157. The fraction of sp³-hybridized carbons (Fsp3) is 0.929. The molecule has 0 saturated carbocycles. The zero-order valence-electron chi connectivity index (χ0n) is 11.9. The lowest BCUT2D eigenvalue weighted by Crippen LogP contribution is -2.51. The van der Waals surface area contributed by atoms with E-state index in [1.165, 1.54) is 25.1 Å². The monoisotopic (exact) mass is 224 g/mol. The molecule has 1 aliphatic rings. The molecule has 0 aromatic heterocycles. The largest absolute Gasteiger partial charge is 0.355 e. The molecule has 0 aromatic rings. The van der Waals surface area contributed by atoms with Gasteiger partial charge in [0.15, 0.2) is 0 Å². The van der Waals surface area contributed by atoms with Crippen LogP contribution in [-0.2, 0) is 0 Å². The van der Waals surface area contributed by atoms with Crippen molar-refractivity contribution < 1.29 is 0 Å². The number of hydrogen-bond acceptors (Lipinski definition) is 2. The SMILES string of the molecule is CC(C)(C)/C1=N/CCCCCN1C(C)(C)C. The molecule has 0 aliphatic carbocycles. The van der Waals surface area contributed by atoms with E-state index >= 15 is 0 Å². The molecule has 0 N–H and O–H groups in total. The number of hydrogen-bond donors (Lipinski definition) is 0. The first-order valence-corrected chi connectivity index (χ1v) is 6.55. The third kappa shape index (κ3) is 3.50. The predicted molar refractivity (Wildman–Crippen MR) is 72.1 cm³/mol. The summed E-state index contributed by atoms with van der Waals surface area (Å²) in [5, 5.41) is 0. The molecule has 0 atom stereocenters. The fourth-order valence-corrected chi connectivity index (χ4v) is 2.23. The molecular formula is C14H28N2. The van der Waals surface area contributed by atoms with E-state index in [0.717, 1.165) is 13.1 Å². The molecule has 0 aromatic carbocycles. The van der Waals surface area contributed by atoms with Crippen LogP contribution in [0, 0.1) is 5.41 Å². The molecule has 0 fully saturated rings. The van der Waals surface area contributed by atoms with E-state index in [1.54, 1.807) is 0 Å². The van der Waals surface area contributed by atoms with Gasteiger partial charge in [0.05, 0.1) is 0 Å². The molecule has 2 heteroatoms. The van der Waals surface area contributed by atoms with Crippen LogP contribution in [0.3, 0.4) is 0 Å². The number of nitrogens with zero attached hydrogens (tertiary/aromatic N) is 2. The summed E-state index contributed by atoms with van der Waals surface area (Å²) in [6.45, 7) is 15.8. The summed E-state index contributed by atoms with van der Waals surface area (Å²) < 4.78 is 0. The smallest absolute Gasteiger partial charge is 0.105 e. The van der Waals surface area contributed by atoms with Crippen LogP contribution >= 0.6 is 0 Å². The molecule has 0 amide bonds. The Morgan fingerprint density at radius 2 is 1.56 bits per heavy atom. The van der Waals surface area contributed by atoms with Crippen molar-refractivity contribution in [1.82, 2.24) is 4.90 Å². The van der Waals surface area contributed by atoms with Crippen molar-refractivity contribution in [2.75, 3.05) is 13.1 Å². The minimum atomic E-state index is 0.157. The van der Waals surface area contributed by atoms with Crippen LogP contribution in [0.25, 0.3) is 0 Å². The van der Waals surface area contributed by atoms with Gasteiger partial charge in [0.1, 0.15) is 5.84 Å². The second-order valence-corrected chi connectivity index (χ2v) is 6.84. The maximum absolute atomic E-state index is 4.84. The zero-order valence-corrected chi connectivity index (χ0v) is 11.9. The number of amidine groups is 1. The predicted octanol–water partition coefficient (Wildman–Crippen LogP) is 3.72. The molecule has 0 bridgehead atoms. The summed E-state index contributed by atoms with van der Waals surface area (Å²) in [6.07, 6.45) is 3.86. The Hall–Kier alpha value is -0.530. The average Bonchev–Trinajstić information content (AvgIpc) is 1.96. The zero-order chi connectivity index (χ0) is 12.4. The summed E-state index contributed by atoms with van der Waals surface area (Å²) in [6, 6.07) is 0. The third-order valence-electron chi connectivity index (χ3n) is 3.04. The molecule has 0 spiro atoms. The molecule has 0 unspecified atom stereocenters. The number of rotatable bonds is 0. The Labute approximate surface area is 101 Å². The quantitative estimate of drug-likeness (QED) is 0.612. The lowest BCUT2D eigenvalue weighted by Gasteiger charge is -2.43. The third-order valence-corrected chi connectivity index (χ3v) is 3.04. The maximum Gasteiger partial charge on any atom is 0.105 e. The second-order valence-electron chi connectivity index (χ2n) is 6.84. The van der Waals surface area contributed by atoms with Crippen LogP contribution in [0.5, 0.6) is 0 Å². The van der Waals surface area contributed by atoms with Crippen molar-refractivity contribution in [3.05, 3.63) is 0 Å². The van der Waals surface area contributed by atoms with Crippen LogP contribution in [-0.4, -0.2) is 29.4 Å². The van der Waals surface area contributed by atoms with E-state index in [4.69, 9.17) is 4.99 Å². The molecule has 0 radical (unpaired) electrons. The topological polar surface area (TPSA) is 15.6 Å². The summed E-state index contributed by atoms with van der Waals surface area (Å²) >= 11 is 0. The van der Waals surface area contributed by atoms with E-state index in [9.17, 15) is 0 Å². The Balaban J connectivity index is 3.02. The average molecular weight is 224 g/mol. The fourth-order valence-electron chi connectivity index (χ4n) is 2.23. The standard InChI is InChI=1S/C14H28N2/c1-13(2,3)12-15-10-8-7-9-11-16(12)14(4,5)6/h7-11H2,1-6H3/b15-12-. The molecule has 1 rings (SSSR count). The second kappa shape index (κ2) is 4.77. The van der Waals surface area contributed by atoms with E-state index in [1.807, 2.05) is 0 Å². The highest BCUT2D eigenvalue weighted by Crippen LogP contribution is 2.27. The first-order chi connectivity index (χ1) is 7.23. The van der Waals surface area contributed by atoms with Gasteiger partial charge in [0.25, 0.3) is 0 Å². The first kappa shape index (κ1) is 13.5. The van der Waals surface area contributed by atoms with Crippen LogP contribution in [0.4, 0.5) is 0 Å². The molecule has 2 nitrogen and oxygen atoms in total. The van der Waals surface area contributed by atoms with Crippen molar-refractivity contribution >= 4 is 5.84 Å². The molecule has 0 saturated heterocycles. The summed E-state index contributed by atoms with van der Waals surface area (Å²) in [4.78, 5) is 7.35. The number of aliphatic imine (C=N–C) groups is 1. The van der Waals surface area contributed by atoms with Crippen molar-refractivity contribution in [3.63, 3.8) is 0 Å². The van der Waals surface area contributed by atoms with Gasteiger partial charge in [0, 0.05) is 24.0 Å². The van der Waals surface area contributed by atoms with Crippen LogP contribution in [0.15, 0.2) is 4.99 Å². The van der Waals surface area contributed by atoms with E-state index in [-0.39, 0.29) is 11.0 Å². The van der Waals surface area contributed by atoms with E-state index < -0.39 is 0 Å². The van der Waals surface area contributed by atoms with Crippen molar-refractivity contribution in [3.8, 4) is 0 Å². The lowest BCUT2D eigenvalue weighted by atomic mass is 9.90. The van der Waals surface area contributed by atoms with Gasteiger partial charge >= 0.3 is 0 Å². The van der Waals surface area contributed by atoms with E-state index in [2.05, 4.69) is 46.4 Å². The van der Waals surface area contributed by atoms with Gasteiger partial charge < -0.3 is 4.90 Å². The van der Waals surface area contributed by atoms with Crippen molar-refractivity contribution in [2.45, 2.75) is 66.3 Å². The van der Waals surface area contributed by atoms with Gasteiger partial charge in [-0.05, 0) is 40.0 Å².